The third-order valence-corrected chi connectivity index (χ3v) is 4.31. The Morgan fingerprint density at radius 1 is 1.35 bits per heavy atom. The summed E-state index contributed by atoms with van der Waals surface area (Å²) in [6.07, 6.45) is 0.113. The molecule has 6 nitrogen and oxygen atoms in total. The first-order chi connectivity index (χ1) is 9.42. The molecule has 7 heteroatoms. The van der Waals surface area contributed by atoms with Crippen molar-refractivity contribution in [2.24, 2.45) is 5.92 Å². The summed E-state index contributed by atoms with van der Waals surface area (Å²) in [5, 5.41) is 9.98. The standard InChI is InChI=1S/C13H14N2O4S/c1-10-2-4-12(5-3-10)20(17,18)19-15-7-6-13(16)11(8-14)9-15/h2-5,11H,6-7,9H2,1H3. The Hall–Kier alpha value is -1.75. The summed E-state index contributed by atoms with van der Waals surface area (Å²) in [5.41, 5.74) is 0.942. The van der Waals surface area contributed by atoms with Gasteiger partial charge in [0.2, 0.25) is 0 Å². The average Bonchev–Trinajstić information content (AvgIpc) is 2.41. The second kappa shape index (κ2) is 5.71. The van der Waals surface area contributed by atoms with Gasteiger partial charge >= 0.3 is 10.1 Å². The maximum atomic E-state index is 12.1. The van der Waals surface area contributed by atoms with Gasteiger partial charge in [-0.3, -0.25) is 4.79 Å². The predicted molar refractivity (Wildman–Crippen MR) is 69.7 cm³/mol. The number of rotatable bonds is 3. The zero-order chi connectivity index (χ0) is 14.8. The van der Waals surface area contributed by atoms with Crippen molar-refractivity contribution in [1.29, 1.82) is 5.26 Å². The van der Waals surface area contributed by atoms with Crippen LogP contribution in [0.2, 0.25) is 0 Å². The highest BCUT2D eigenvalue weighted by molar-refractivity contribution is 7.86. The van der Waals surface area contributed by atoms with Gasteiger partial charge in [0.25, 0.3) is 0 Å². The van der Waals surface area contributed by atoms with Crippen LogP contribution < -0.4 is 0 Å². The van der Waals surface area contributed by atoms with Gasteiger partial charge in [0, 0.05) is 19.5 Å². The minimum atomic E-state index is -3.92. The Bertz CT molecular complexity index is 646. The van der Waals surface area contributed by atoms with E-state index in [9.17, 15) is 13.2 Å². The summed E-state index contributed by atoms with van der Waals surface area (Å²) in [7, 11) is -3.92. The summed E-state index contributed by atoms with van der Waals surface area (Å²) >= 11 is 0. The van der Waals surface area contributed by atoms with Gasteiger partial charge in [-0.15, -0.1) is 0 Å². The first kappa shape index (κ1) is 14.7. The van der Waals surface area contributed by atoms with Crippen LogP contribution in [0.4, 0.5) is 0 Å². The number of piperidine rings is 1. The molecule has 106 valence electrons. The average molecular weight is 294 g/mol. The number of nitriles is 1. The van der Waals surface area contributed by atoms with Crippen LogP contribution in [0.1, 0.15) is 12.0 Å². The Morgan fingerprint density at radius 2 is 2.00 bits per heavy atom. The fraction of sp³-hybridized carbons (Fsp3) is 0.385. The quantitative estimate of drug-likeness (QED) is 0.827. The largest absolute Gasteiger partial charge is 0.313 e. The van der Waals surface area contributed by atoms with Gasteiger partial charge in [0.15, 0.2) is 5.78 Å². The van der Waals surface area contributed by atoms with Gasteiger partial charge in [-0.05, 0) is 19.1 Å². The molecule has 1 heterocycles. The van der Waals surface area contributed by atoms with Crippen molar-refractivity contribution in [3.05, 3.63) is 29.8 Å². The highest BCUT2D eigenvalue weighted by Crippen LogP contribution is 2.19. The number of Topliss-reactive ketones (excluding diaryl/α,β-unsaturated/α-hetero) is 1. The highest BCUT2D eigenvalue weighted by atomic mass is 32.2. The van der Waals surface area contributed by atoms with Crippen LogP contribution in [0.5, 0.6) is 0 Å². The Balaban J connectivity index is 2.11. The number of hydrogen-bond acceptors (Lipinski definition) is 6. The minimum absolute atomic E-state index is 0.0274. The number of nitrogens with zero attached hydrogens (tertiary/aromatic N) is 2. The fourth-order valence-corrected chi connectivity index (χ4v) is 2.84. The third kappa shape index (κ3) is 3.22. The van der Waals surface area contributed by atoms with Crippen molar-refractivity contribution in [3.8, 4) is 6.07 Å². The molecule has 0 bridgehead atoms. The molecule has 1 saturated heterocycles. The van der Waals surface area contributed by atoms with Crippen molar-refractivity contribution in [2.45, 2.75) is 18.2 Å². The third-order valence-electron chi connectivity index (χ3n) is 3.05. The van der Waals surface area contributed by atoms with Crippen LogP contribution in [0.3, 0.4) is 0 Å². The lowest BCUT2D eigenvalue weighted by Gasteiger charge is -2.26. The number of carbonyl (C=O) groups is 1. The number of aryl methyl sites for hydroxylation is 1. The minimum Gasteiger partial charge on any atom is -0.298 e. The predicted octanol–water partition coefficient (Wildman–Crippen LogP) is 1.03. The van der Waals surface area contributed by atoms with E-state index in [1.165, 1.54) is 12.1 Å². The summed E-state index contributed by atoms with van der Waals surface area (Å²) in [6, 6.07) is 8.12. The van der Waals surface area contributed by atoms with Gasteiger partial charge in [-0.2, -0.15) is 23.0 Å². The number of hydroxylamine groups is 2. The molecular formula is C13H14N2O4S. The topological polar surface area (TPSA) is 87.5 Å². The number of carbonyl (C=O) groups excluding carboxylic acids is 1. The van der Waals surface area contributed by atoms with Gasteiger partial charge in [0.05, 0.1) is 11.0 Å². The van der Waals surface area contributed by atoms with E-state index in [0.717, 1.165) is 10.6 Å². The van der Waals surface area contributed by atoms with Crippen molar-refractivity contribution in [3.63, 3.8) is 0 Å². The second-order valence-corrected chi connectivity index (χ2v) is 6.16. The molecule has 2 rings (SSSR count). The summed E-state index contributed by atoms with van der Waals surface area (Å²) in [6.45, 7) is 1.99. The Labute approximate surface area is 117 Å². The smallest absolute Gasteiger partial charge is 0.298 e. The van der Waals surface area contributed by atoms with Gasteiger partial charge in [-0.1, -0.05) is 17.7 Å². The molecule has 0 amide bonds. The maximum Gasteiger partial charge on any atom is 0.313 e. The summed E-state index contributed by atoms with van der Waals surface area (Å²) in [5.74, 6) is -1.02. The van der Waals surface area contributed by atoms with Crippen molar-refractivity contribution >= 4 is 15.9 Å². The van der Waals surface area contributed by atoms with E-state index in [1.807, 2.05) is 13.0 Å². The zero-order valence-electron chi connectivity index (χ0n) is 10.9. The summed E-state index contributed by atoms with van der Waals surface area (Å²) < 4.78 is 29.1. The van der Waals surface area contributed by atoms with Gasteiger partial charge < -0.3 is 0 Å². The van der Waals surface area contributed by atoms with Crippen LogP contribution in [0.25, 0.3) is 0 Å². The van der Waals surface area contributed by atoms with Crippen LogP contribution in [-0.2, 0) is 19.2 Å². The van der Waals surface area contributed by atoms with Gasteiger partial charge in [0.1, 0.15) is 5.92 Å². The van der Waals surface area contributed by atoms with Crippen LogP contribution in [0, 0.1) is 24.2 Å². The van der Waals surface area contributed by atoms with Crippen molar-refractivity contribution in [2.75, 3.05) is 13.1 Å². The van der Waals surface area contributed by atoms with E-state index in [2.05, 4.69) is 0 Å². The Morgan fingerprint density at radius 3 is 2.60 bits per heavy atom. The van der Waals surface area contributed by atoms with E-state index >= 15 is 0 Å². The first-order valence-corrected chi connectivity index (χ1v) is 7.52. The van der Waals surface area contributed by atoms with E-state index in [0.29, 0.717) is 0 Å². The lowest BCUT2D eigenvalue weighted by molar-refractivity contribution is -0.135. The molecule has 1 atom stereocenters. The molecule has 0 radical (unpaired) electrons. The number of hydrogen-bond donors (Lipinski definition) is 0. The number of ketones is 1. The molecule has 0 aliphatic carbocycles. The maximum absolute atomic E-state index is 12.1. The Kier molecular flexibility index (Phi) is 4.18. The molecule has 1 unspecified atom stereocenters. The molecule has 1 aromatic carbocycles. The lowest BCUT2D eigenvalue weighted by atomic mass is 10.00. The highest BCUT2D eigenvalue weighted by Gasteiger charge is 2.31. The molecule has 0 N–H and O–H groups in total. The van der Waals surface area contributed by atoms with E-state index < -0.39 is 16.0 Å². The lowest BCUT2D eigenvalue weighted by Crippen LogP contribution is -2.41. The van der Waals surface area contributed by atoms with Crippen molar-refractivity contribution < 1.29 is 17.5 Å². The molecule has 0 aromatic heterocycles. The van der Waals surface area contributed by atoms with Crippen molar-refractivity contribution in [1.82, 2.24) is 5.06 Å². The monoisotopic (exact) mass is 294 g/mol. The first-order valence-electron chi connectivity index (χ1n) is 6.11. The molecule has 1 aromatic rings. The summed E-state index contributed by atoms with van der Waals surface area (Å²) in [4.78, 5) is 11.4. The van der Waals surface area contributed by atoms with Gasteiger partial charge in [-0.25, -0.2) is 0 Å². The SMILES string of the molecule is Cc1ccc(S(=O)(=O)ON2CCC(=O)C(C#N)C2)cc1. The molecule has 0 saturated carbocycles. The van der Waals surface area contributed by atoms with Crippen LogP contribution in [-0.4, -0.2) is 32.4 Å². The van der Waals surface area contributed by atoms with Crippen LogP contribution >= 0.6 is 0 Å². The molecule has 1 aliphatic heterocycles. The van der Waals surface area contributed by atoms with E-state index in [1.54, 1.807) is 12.1 Å². The number of benzene rings is 1. The molecule has 0 spiro atoms. The fourth-order valence-electron chi connectivity index (χ4n) is 1.87. The van der Waals surface area contributed by atoms with E-state index in [-0.39, 0.29) is 30.2 Å². The molecule has 1 fully saturated rings. The molecular weight excluding hydrogens is 280 g/mol. The zero-order valence-corrected chi connectivity index (χ0v) is 11.8. The van der Waals surface area contributed by atoms with Crippen LogP contribution in [0.15, 0.2) is 29.2 Å². The molecule has 1 aliphatic rings. The second-order valence-electron chi connectivity index (χ2n) is 4.63. The van der Waals surface area contributed by atoms with E-state index in [4.69, 9.17) is 9.55 Å². The molecule has 20 heavy (non-hydrogen) atoms. The normalized spacial score (nSPS) is 20.6.